The summed E-state index contributed by atoms with van der Waals surface area (Å²) in [5.41, 5.74) is -2.32. The van der Waals surface area contributed by atoms with Crippen LogP contribution in [0.15, 0.2) is 0 Å². The number of hydrogen-bond donors (Lipinski definition) is 0. The van der Waals surface area contributed by atoms with Gasteiger partial charge in [0, 0.05) is 23.7 Å². The van der Waals surface area contributed by atoms with Gasteiger partial charge in [-0.15, -0.1) is 0 Å². The summed E-state index contributed by atoms with van der Waals surface area (Å²) in [5.74, 6) is -3.23. The minimum Gasteiger partial charge on any atom is -0.392 e. The molecule has 0 N–H and O–H groups in total. The Balaban J connectivity index is 1.87. The van der Waals surface area contributed by atoms with Gasteiger partial charge in [-0.1, -0.05) is 0 Å². The molecule has 0 aromatic rings. The van der Waals surface area contributed by atoms with Crippen molar-refractivity contribution in [3.63, 3.8) is 0 Å². The molecule has 5 heteroatoms. The average molecular weight is 268 g/mol. The molecule has 4 saturated carbocycles. The molecule has 0 spiro atoms. The van der Waals surface area contributed by atoms with Crippen LogP contribution in [0.5, 0.6) is 0 Å². The fourth-order valence-electron chi connectivity index (χ4n) is 6.80. The highest BCUT2D eigenvalue weighted by Crippen LogP contribution is 2.83. The number of cyclic esters (lactones) is 2. The first-order valence-corrected chi connectivity index (χ1v) is 7.12. The van der Waals surface area contributed by atoms with Crippen LogP contribution in [-0.2, 0) is 14.3 Å². The fraction of sp³-hybridized carbons (Fsp3) is 0.857. The maximum atomic E-state index is 14.6. The minimum absolute atomic E-state index is 0.495. The highest BCUT2D eigenvalue weighted by atomic mass is 19.1. The number of alkyl halides is 2. The molecule has 0 aromatic heterocycles. The molecule has 0 radical (unpaired) electrons. The number of hydrogen-bond acceptors (Lipinski definition) is 3. The normalized spacial score (nSPS) is 64.5. The van der Waals surface area contributed by atoms with Gasteiger partial charge in [-0.2, -0.15) is 0 Å². The van der Waals surface area contributed by atoms with Gasteiger partial charge in [0.05, 0.1) is 10.8 Å². The van der Waals surface area contributed by atoms with E-state index in [0.29, 0.717) is 25.7 Å². The van der Waals surface area contributed by atoms with Crippen LogP contribution >= 0.6 is 0 Å². The number of esters is 2. The summed E-state index contributed by atoms with van der Waals surface area (Å²) in [6.07, 6.45) is 0.0927. The van der Waals surface area contributed by atoms with E-state index in [2.05, 4.69) is 0 Å². The number of fused-ring (bicyclic) bond motifs is 4. The predicted octanol–water partition coefficient (Wildman–Crippen LogP) is 1.80. The zero-order valence-corrected chi connectivity index (χ0v) is 10.3. The van der Waals surface area contributed by atoms with Crippen molar-refractivity contribution in [2.75, 3.05) is 0 Å². The summed E-state index contributed by atoms with van der Waals surface area (Å²) < 4.78 is 34.1. The van der Waals surface area contributed by atoms with E-state index in [1.807, 2.05) is 0 Å². The third kappa shape index (κ3) is 0.699. The van der Waals surface area contributed by atoms with Gasteiger partial charge in [-0.25, -0.2) is 8.78 Å². The molecule has 0 amide bonds. The topological polar surface area (TPSA) is 43.4 Å². The molecule has 102 valence electrons. The standard InChI is InChI=1S/C14H14F2O3/c15-9-5-1-2-6(9)14-8-4-3-7(10(8)16)13(5,14)11(17)19-12(14)18/h5-10H,1-4H2. The zero-order valence-electron chi connectivity index (χ0n) is 10.3. The molecule has 5 fully saturated rings. The molecular formula is C14H14F2O3. The number of halogens is 2. The van der Waals surface area contributed by atoms with Crippen LogP contribution in [0.2, 0.25) is 0 Å². The van der Waals surface area contributed by atoms with E-state index in [9.17, 15) is 18.4 Å². The van der Waals surface area contributed by atoms with E-state index in [-0.39, 0.29) is 0 Å². The maximum Gasteiger partial charge on any atom is 0.321 e. The second-order valence-electron chi connectivity index (χ2n) is 6.88. The molecule has 1 saturated heterocycles. The molecular weight excluding hydrogens is 254 g/mol. The van der Waals surface area contributed by atoms with Crippen molar-refractivity contribution < 1.29 is 23.1 Å². The van der Waals surface area contributed by atoms with Gasteiger partial charge in [0.1, 0.15) is 12.3 Å². The lowest BCUT2D eigenvalue weighted by molar-refractivity contribution is -0.160. The van der Waals surface area contributed by atoms with E-state index in [4.69, 9.17) is 4.74 Å². The molecule has 19 heavy (non-hydrogen) atoms. The van der Waals surface area contributed by atoms with Crippen LogP contribution in [-0.4, -0.2) is 24.3 Å². The largest absolute Gasteiger partial charge is 0.392 e. The molecule has 4 unspecified atom stereocenters. The van der Waals surface area contributed by atoms with E-state index in [0.717, 1.165) is 0 Å². The van der Waals surface area contributed by atoms with E-state index in [1.165, 1.54) is 0 Å². The number of carbonyl (C=O) groups is 2. The molecule has 4 aliphatic carbocycles. The van der Waals surface area contributed by atoms with E-state index in [1.54, 1.807) is 0 Å². The van der Waals surface area contributed by atoms with Crippen LogP contribution in [0.4, 0.5) is 8.78 Å². The Hall–Kier alpha value is -1.00. The smallest absolute Gasteiger partial charge is 0.321 e. The van der Waals surface area contributed by atoms with Crippen molar-refractivity contribution in [1.29, 1.82) is 0 Å². The second kappa shape index (κ2) is 2.72. The molecule has 3 nitrogen and oxygen atoms in total. The van der Waals surface area contributed by atoms with Gasteiger partial charge < -0.3 is 4.74 Å². The summed E-state index contributed by atoms with van der Waals surface area (Å²) >= 11 is 0. The first-order chi connectivity index (χ1) is 9.07. The summed E-state index contributed by atoms with van der Waals surface area (Å²) in [7, 11) is 0. The molecule has 1 aliphatic heterocycles. The van der Waals surface area contributed by atoms with Crippen molar-refractivity contribution in [1.82, 2.24) is 0 Å². The highest BCUT2D eigenvalue weighted by molar-refractivity contribution is 6.05. The Morgan fingerprint density at radius 1 is 0.789 bits per heavy atom. The Kier molecular flexibility index (Phi) is 1.54. The Morgan fingerprint density at radius 3 is 1.42 bits per heavy atom. The van der Waals surface area contributed by atoms with Crippen molar-refractivity contribution in [3.05, 3.63) is 0 Å². The Morgan fingerprint density at radius 2 is 1.11 bits per heavy atom. The Labute approximate surface area is 108 Å². The van der Waals surface area contributed by atoms with Crippen molar-refractivity contribution in [2.45, 2.75) is 38.0 Å². The van der Waals surface area contributed by atoms with Gasteiger partial charge in [-0.05, 0) is 25.7 Å². The monoisotopic (exact) mass is 268 g/mol. The first-order valence-electron chi connectivity index (χ1n) is 7.12. The van der Waals surface area contributed by atoms with Gasteiger partial charge >= 0.3 is 11.9 Å². The first kappa shape index (κ1) is 10.7. The fourth-order valence-corrected chi connectivity index (χ4v) is 6.80. The van der Waals surface area contributed by atoms with Crippen molar-refractivity contribution in [2.24, 2.45) is 34.5 Å². The van der Waals surface area contributed by atoms with E-state index >= 15 is 0 Å². The van der Waals surface area contributed by atoms with Crippen LogP contribution in [0.1, 0.15) is 25.7 Å². The third-order valence-corrected chi connectivity index (χ3v) is 7.00. The number of ether oxygens (including phenoxy) is 1. The molecule has 5 aliphatic rings. The molecule has 5 rings (SSSR count). The third-order valence-electron chi connectivity index (χ3n) is 7.00. The highest BCUT2D eigenvalue weighted by Gasteiger charge is 2.92. The molecule has 0 aromatic carbocycles. The lowest BCUT2D eigenvalue weighted by Gasteiger charge is -2.44. The van der Waals surface area contributed by atoms with Crippen LogP contribution in [0.25, 0.3) is 0 Å². The second-order valence-corrected chi connectivity index (χ2v) is 6.88. The van der Waals surface area contributed by atoms with Crippen molar-refractivity contribution >= 4 is 11.9 Å². The zero-order chi connectivity index (χ0) is 13.2. The Bertz CT molecular complexity index is 461. The summed E-state index contributed by atoms with van der Waals surface area (Å²) in [6, 6.07) is 0. The van der Waals surface area contributed by atoms with Crippen LogP contribution in [0, 0.1) is 34.5 Å². The van der Waals surface area contributed by atoms with Crippen LogP contribution in [0.3, 0.4) is 0 Å². The van der Waals surface area contributed by atoms with Gasteiger partial charge in [-0.3, -0.25) is 9.59 Å². The maximum absolute atomic E-state index is 14.6. The van der Waals surface area contributed by atoms with Crippen molar-refractivity contribution in [3.8, 4) is 0 Å². The summed E-state index contributed by atoms with van der Waals surface area (Å²) in [4.78, 5) is 24.7. The molecule has 4 bridgehead atoms. The lowest BCUT2D eigenvalue weighted by Crippen LogP contribution is -2.53. The summed E-state index contributed by atoms with van der Waals surface area (Å²) in [6.45, 7) is 0. The average Bonchev–Trinajstić information content (AvgIpc) is 3.10. The summed E-state index contributed by atoms with van der Waals surface area (Å²) in [5, 5.41) is 0. The predicted molar refractivity (Wildman–Crippen MR) is 58.2 cm³/mol. The van der Waals surface area contributed by atoms with Gasteiger partial charge in [0.15, 0.2) is 0 Å². The quantitative estimate of drug-likeness (QED) is 0.497. The minimum atomic E-state index is -1.16. The van der Waals surface area contributed by atoms with Crippen LogP contribution < -0.4 is 0 Å². The van der Waals surface area contributed by atoms with Gasteiger partial charge in [0.2, 0.25) is 0 Å². The van der Waals surface area contributed by atoms with Gasteiger partial charge in [0.25, 0.3) is 0 Å². The molecule has 1 heterocycles. The molecule has 4 atom stereocenters. The van der Waals surface area contributed by atoms with E-state index < -0.39 is 58.8 Å². The SMILES string of the molecule is O=C1OC(=O)C23C4CCC(C4F)C12C1CCC3C1F. The number of rotatable bonds is 0. The lowest BCUT2D eigenvalue weighted by atomic mass is 9.51. The number of carbonyl (C=O) groups excluding carboxylic acids is 2.